The molecular formula is C4H4ClN3O4S. The lowest BCUT2D eigenvalue weighted by Gasteiger charge is -1.89. The zero-order valence-electron chi connectivity index (χ0n) is 6.34. The number of hydrogen-bond donors (Lipinski definition) is 0. The van der Waals surface area contributed by atoms with Gasteiger partial charge in [0.1, 0.15) is 0 Å². The average molecular weight is 226 g/mol. The molecule has 0 amide bonds. The number of aryl methyl sites for hydroxylation is 1. The zero-order chi connectivity index (χ0) is 10.2. The maximum absolute atomic E-state index is 10.8. The van der Waals surface area contributed by atoms with Crippen molar-refractivity contribution in [2.45, 2.75) is 4.90 Å². The van der Waals surface area contributed by atoms with E-state index in [1.54, 1.807) is 0 Å². The van der Waals surface area contributed by atoms with Crippen molar-refractivity contribution in [2.75, 3.05) is 0 Å². The molecule has 13 heavy (non-hydrogen) atoms. The van der Waals surface area contributed by atoms with Crippen LogP contribution in [0.3, 0.4) is 0 Å². The fourth-order valence-corrected chi connectivity index (χ4v) is 1.69. The lowest BCUT2D eigenvalue weighted by molar-refractivity contribution is -0.392. The predicted molar refractivity (Wildman–Crippen MR) is 42.9 cm³/mol. The second-order valence-corrected chi connectivity index (χ2v) is 4.72. The topological polar surface area (TPSA) is 95.1 Å². The van der Waals surface area contributed by atoms with Gasteiger partial charge in [0, 0.05) is 10.7 Å². The van der Waals surface area contributed by atoms with Crippen LogP contribution in [0.25, 0.3) is 0 Å². The van der Waals surface area contributed by atoms with Crippen LogP contribution in [0.1, 0.15) is 0 Å². The molecule has 0 aliphatic rings. The molecule has 0 atom stereocenters. The van der Waals surface area contributed by atoms with Crippen molar-refractivity contribution in [3.8, 4) is 0 Å². The molecule has 1 aromatic rings. The summed E-state index contributed by atoms with van der Waals surface area (Å²) >= 11 is 0. The Bertz CT molecular complexity index is 450. The predicted octanol–water partition coefficient (Wildman–Crippen LogP) is 0.256. The molecule has 9 heteroatoms. The minimum atomic E-state index is -4.11. The third-order valence-corrected chi connectivity index (χ3v) is 2.52. The summed E-state index contributed by atoms with van der Waals surface area (Å²) in [7, 11) is 2.18. The van der Waals surface area contributed by atoms with Gasteiger partial charge in [-0.3, -0.25) is 0 Å². The van der Waals surface area contributed by atoms with Crippen molar-refractivity contribution >= 4 is 25.6 Å². The summed E-state index contributed by atoms with van der Waals surface area (Å²) in [5, 5.41) is 13.6. The van der Waals surface area contributed by atoms with Crippen LogP contribution in [0.5, 0.6) is 0 Å². The number of nitro groups is 1. The second-order valence-electron chi connectivity index (χ2n) is 2.19. The van der Waals surface area contributed by atoms with Crippen molar-refractivity contribution in [3.63, 3.8) is 0 Å². The molecule has 0 spiro atoms. The van der Waals surface area contributed by atoms with Gasteiger partial charge in [0.25, 0.3) is 9.05 Å². The molecule has 1 aromatic heterocycles. The first-order valence-corrected chi connectivity index (χ1v) is 5.26. The molecule has 72 valence electrons. The van der Waals surface area contributed by atoms with Crippen molar-refractivity contribution < 1.29 is 13.3 Å². The fourth-order valence-electron chi connectivity index (χ4n) is 0.753. The molecule has 1 heterocycles. The van der Waals surface area contributed by atoms with Crippen molar-refractivity contribution in [2.24, 2.45) is 7.05 Å². The number of halogens is 1. The molecule has 0 aliphatic carbocycles. The fraction of sp³-hybridized carbons (Fsp3) is 0.250. The largest absolute Gasteiger partial charge is 0.410 e. The first-order valence-electron chi connectivity index (χ1n) is 2.95. The summed E-state index contributed by atoms with van der Waals surface area (Å²) in [6.45, 7) is 0. The smallest absolute Gasteiger partial charge is 0.358 e. The van der Waals surface area contributed by atoms with Crippen LogP contribution in [0.2, 0.25) is 0 Å². The Balaban J connectivity index is 3.46. The van der Waals surface area contributed by atoms with Crippen molar-refractivity contribution in [1.82, 2.24) is 9.78 Å². The van der Waals surface area contributed by atoms with E-state index in [1.807, 2.05) is 0 Å². The summed E-state index contributed by atoms with van der Waals surface area (Å²) in [5.41, 5.74) is 0. The average Bonchev–Trinajstić information content (AvgIpc) is 2.29. The van der Waals surface area contributed by atoms with Gasteiger partial charge in [-0.2, -0.15) is 4.68 Å². The Labute approximate surface area is 77.5 Å². The highest BCUT2D eigenvalue weighted by Gasteiger charge is 2.28. The maximum atomic E-state index is 10.8. The molecule has 0 fully saturated rings. The Morgan fingerprint density at radius 1 is 1.69 bits per heavy atom. The lowest BCUT2D eigenvalue weighted by atomic mass is 10.6. The van der Waals surface area contributed by atoms with Crippen molar-refractivity contribution in [3.05, 3.63) is 16.3 Å². The Hall–Kier alpha value is -1.15. The molecule has 0 aliphatic heterocycles. The standard InChI is InChI=1S/C4H4ClN3O4S/c1-7-2-3(13(5,11)12)4(6-7)8(9)10/h2H,1H3. The van der Waals surface area contributed by atoms with Crippen LogP contribution in [-0.2, 0) is 16.1 Å². The monoisotopic (exact) mass is 225 g/mol. The van der Waals surface area contributed by atoms with E-state index < -0.39 is 24.7 Å². The minimum absolute atomic E-state index is 0.596. The van der Waals surface area contributed by atoms with Gasteiger partial charge in [0.15, 0.2) is 0 Å². The van der Waals surface area contributed by atoms with Crippen molar-refractivity contribution in [1.29, 1.82) is 0 Å². The molecule has 0 saturated heterocycles. The van der Waals surface area contributed by atoms with Crippen LogP contribution < -0.4 is 0 Å². The van der Waals surface area contributed by atoms with E-state index in [0.29, 0.717) is 0 Å². The first kappa shape index (κ1) is 9.93. The van der Waals surface area contributed by atoms with Crippen LogP contribution in [-0.4, -0.2) is 23.1 Å². The summed E-state index contributed by atoms with van der Waals surface area (Å²) in [4.78, 5) is 8.79. The van der Waals surface area contributed by atoms with Gasteiger partial charge in [-0.1, -0.05) is 0 Å². The van der Waals surface area contributed by atoms with Gasteiger partial charge in [0.05, 0.1) is 18.3 Å². The van der Waals surface area contributed by atoms with E-state index in [1.165, 1.54) is 7.05 Å². The van der Waals surface area contributed by atoms with E-state index in [-0.39, 0.29) is 0 Å². The number of rotatable bonds is 2. The van der Waals surface area contributed by atoms with E-state index in [4.69, 9.17) is 10.7 Å². The lowest BCUT2D eigenvalue weighted by Crippen LogP contribution is -1.96. The highest BCUT2D eigenvalue weighted by atomic mass is 35.7. The SMILES string of the molecule is Cn1cc(S(=O)(=O)Cl)c([N+](=O)[O-])n1. The second kappa shape index (κ2) is 2.96. The van der Waals surface area contributed by atoms with Gasteiger partial charge in [-0.15, -0.1) is 0 Å². The van der Waals surface area contributed by atoms with E-state index in [0.717, 1.165) is 10.9 Å². The number of hydrogen-bond acceptors (Lipinski definition) is 5. The van der Waals surface area contributed by atoms with E-state index >= 15 is 0 Å². The molecule has 0 N–H and O–H groups in total. The highest BCUT2D eigenvalue weighted by molar-refractivity contribution is 8.13. The third kappa shape index (κ3) is 1.95. The van der Waals surface area contributed by atoms with Crippen LogP contribution in [0.4, 0.5) is 5.82 Å². The van der Waals surface area contributed by atoms with E-state index in [2.05, 4.69) is 5.10 Å². The Kier molecular flexibility index (Phi) is 2.26. The van der Waals surface area contributed by atoms with Crippen LogP contribution in [0.15, 0.2) is 11.1 Å². The molecular weight excluding hydrogens is 222 g/mol. The minimum Gasteiger partial charge on any atom is -0.358 e. The third-order valence-electron chi connectivity index (χ3n) is 1.21. The van der Waals surface area contributed by atoms with Crippen LogP contribution >= 0.6 is 10.7 Å². The molecule has 0 radical (unpaired) electrons. The molecule has 0 saturated carbocycles. The quantitative estimate of drug-likeness (QED) is 0.409. The van der Waals surface area contributed by atoms with Gasteiger partial charge in [0.2, 0.25) is 4.90 Å². The molecule has 0 bridgehead atoms. The van der Waals surface area contributed by atoms with E-state index in [9.17, 15) is 18.5 Å². The number of nitrogens with zero attached hydrogens (tertiary/aromatic N) is 3. The summed E-state index contributed by atoms with van der Waals surface area (Å²) in [5.74, 6) is -0.766. The first-order chi connectivity index (χ1) is 5.82. The van der Waals surface area contributed by atoms with Crippen LogP contribution in [0, 0.1) is 10.1 Å². The number of aromatic nitrogens is 2. The Morgan fingerprint density at radius 2 is 2.23 bits per heavy atom. The summed E-state index contributed by atoms with van der Waals surface area (Å²) in [6, 6.07) is 0. The molecule has 1 rings (SSSR count). The molecule has 0 aromatic carbocycles. The summed E-state index contributed by atoms with van der Waals surface area (Å²) < 4.78 is 22.6. The molecule has 0 unspecified atom stereocenters. The normalized spacial score (nSPS) is 11.5. The van der Waals surface area contributed by atoms with Gasteiger partial charge >= 0.3 is 5.82 Å². The summed E-state index contributed by atoms with van der Waals surface area (Å²) in [6.07, 6.45) is 0.973. The maximum Gasteiger partial charge on any atom is 0.410 e. The van der Waals surface area contributed by atoms with Gasteiger partial charge < -0.3 is 10.1 Å². The Morgan fingerprint density at radius 3 is 2.54 bits per heavy atom. The highest BCUT2D eigenvalue weighted by Crippen LogP contribution is 2.24. The molecule has 7 nitrogen and oxygen atoms in total. The van der Waals surface area contributed by atoms with Gasteiger partial charge in [-0.25, -0.2) is 8.42 Å². The zero-order valence-corrected chi connectivity index (χ0v) is 7.91. The van der Waals surface area contributed by atoms with Gasteiger partial charge in [-0.05, 0) is 4.92 Å².